The summed E-state index contributed by atoms with van der Waals surface area (Å²) in [5.74, 6) is -2.75. The fourth-order valence-corrected chi connectivity index (χ4v) is 4.20. The SMILES string of the molecule is O=C(O)C(F)(F)F.O=C(c1cnccn1)N1CCCC2(CCN(Cc3cccnc3)C2)C1. The van der Waals surface area contributed by atoms with E-state index in [1.807, 2.05) is 23.4 Å². The van der Waals surface area contributed by atoms with Gasteiger partial charge in [-0.15, -0.1) is 0 Å². The van der Waals surface area contributed by atoms with E-state index in [0.717, 1.165) is 45.6 Å². The van der Waals surface area contributed by atoms with E-state index in [1.54, 1.807) is 18.6 Å². The Hall–Kier alpha value is -3.08. The highest BCUT2D eigenvalue weighted by Gasteiger charge is 2.42. The number of likely N-dealkylation sites (tertiary alicyclic amines) is 2. The van der Waals surface area contributed by atoms with Crippen LogP contribution in [0.15, 0.2) is 43.1 Å². The van der Waals surface area contributed by atoms with Crippen LogP contribution in [0.1, 0.15) is 35.3 Å². The lowest BCUT2D eigenvalue weighted by Crippen LogP contribution is -2.47. The van der Waals surface area contributed by atoms with E-state index < -0.39 is 12.1 Å². The number of hydrogen-bond donors (Lipinski definition) is 1. The lowest BCUT2D eigenvalue weighted by atomic mass is 9.79. The molecule has 0 aromatic carbocycles. The average molecular weight is 451 g/mol. The van der Waals surface area contributed by atoms with Crippen LogP contribution in [0.25, 0.3) is 0 Å². The van der Waals surface area contributed by atoms with Crippen LogP contribution in [0.3, 0.4) is 0 Å². The highest BCUT2D eigenvalue weighted by Crippen LogP contribution is 2.39. The van der Waals surface area contributed by atoms with Crippen molar-refractivity contribution < 1.29 is 27.9 Å². The number of amides is 1. The van der Waals surface area contributed by atoms with Gasteiger partial charge in [-0.3, -0.25) is 19.7 Å². The third kappa shape index (κ3) is 6.22. The van der Waals surface area contributed by atoms with Crippen LogP contribution in [-0.4, -0.2) is 74.1 Å². The molecule has 1 amide bonds. The monoisotopic (exact) mass is 451 g/mol. The maximum atomic E-state index is 12.7. The quantitative estimate of drug-likeness (QED) is 0.766. The van der Waals surface area contributed by atoms with Gasteiger partial charge in [0.25, 0.3) is 5.91 Å². The Labute approximate surface area is 183 Å². The maximum absolute atomic E-state index is 12.7. The first-order chi connectivity index (χ1) is 15.2. The third-order valence-electron chi connectivity index (χ3n) is 5.62. The molecule has 2 saturated heterocycles. The minimum absolute atomic E-state index is 0.0119. The highest BCUT2D eigenvalue weighted by atomic mass is 19.4. The molecular weight excluding hydrogens is 427 g/mol. The summed E-state index contributed by atoms with van der Waals surface area (Å²) >= 11 is 0. The van der Waals surface area contributed by atoms with Crippen molar-refractivity contribution >= 4 is 11.9 Å². The molecule has 4 heterocycles. The summed E-state index contributed by atoms with van der Waals surface area (Å²) < 4.78 is 31.7. The normalized spacial score (nSPS) is 21.2. The van der Waals surface area contributed by atoms with E-state index in [4.69, 9.17) is 9.90 Å². The first-order valence-electron chi connectivity index (χ1n) is 10.2. The molecule has 2 fully saturated rings. The maximum Gasteiger partial charge on any atom is 0.490 e. The third-order valence-corrected chi connectivity index (χ3v) is 5.62. The standard InChI is InChI=1S/C19H23N5O.C2HF3O2/c25-18(17-12-21-7-8-22-17)24-9-2-4-19(15-24)5-10-23(14-19)13-16-3-1-6-20-11-16;3-2(4,5)1(6)7/h1,3,6-8,11-12H,2,4-5,9-10,13-15H2;(H,6,7). The zero-order valence-electron chi connectivity index (χ0n) is 17.3. The molecule has 0 saturated carbocycles. The number of piperidine rings is 1. The molecule has 2 aliphatic heterocycles. The minimum Gasteiger partial charge on any atom is -0.475 e. The summed E-state index contributed by atoms with van der Waals surface area (Å²) in [6.07, 6.45) is 6.82. The molecule has 1 N–H and O–H groups in total. The van der Waals surface area contributed by atoms with Crippen molar-refractivity contribution in [3.63, 3.8) is 0 Å². The van der Waals surface area contributed by atoms with Crippen molar-refractivity contribution in [3.05, 3.63) is 54.4 Å². The predicted octanol–water partition coefficient (Wildman–Crippen LogP) is 2.63. The van der Waals surface area contributed by atoms with Crippen molar-refractivity contribution in [1.82, 2.24) is 24.8 Å². The molecule has 11 heteroatoms. The molecule has 2 aromatic rings. The molecule has 172 valence electrons. The van der Waals surface area contributed by atoms with Crippen LogP contribution in [0, 0.1) is 5.41 Å². The number of rotatable bonds is 3. The zero-order chi connectivity index (χ0) is 23.2. The number of halogens is 3. The van der Waals surface area contributed by atoms with Gasteiger partial charge in [0.1, 0.15) is 5.69 Å². The van der Waals surface area contributed by atoms with Gasteiger partial charge in [0.05, 0.1) is 6.20 Å². The molecule has 1 atom stereocenters. The Morgan fingerprint density at radius 3 is 2.44 bits per heavy atom. The minimum atomic E-state index is -5.08. The number of hydrogen-bond acceptors (Lipinski definition) is 6. The van der Waals surface area contributed by atoms with E-state index in [1.165, 1.54) is 12.0 Å². The summed E-state index contributed by atoms with van der Waals surface area (Å²) in [6.45, 7) is 4.72. The average Bonchev–Trinajstić information content (AvgIpc) is 3.15. The molecule has 32 heavy (non-hydrogen) atoms. The number of carbonyl (C=O) groups excluding carboxylic acids is 1. The summed E-state index contributed by atoms with van der Waals surface area (Å²) in [4.78, 5) is 38.5. The second kappa shape index (κ2) is 10.0. The van der Waals surface area contributed by atoms with Crippen LogP contribution >= 0.6 is 0 Å². The van der Waals surface area contributed by atoms with Gasteiger partial charge in [-0.2, -0.15) is 13.2 Å². The van der Waals surface area contributed by atoms with Crippen LogP contribution in [0.5, 0.6) is 0 Å². The molecule has 8 nitrogen and oxygen atoms in total. The van der Waals surface area contributed by atoms with E-state index in [-0.39, 0.29) is 11.3 Å². The Bertz CT molecular complexity index is 914. The topological polar surface area (TPSA) is 99.5 Å². The number of carboxylic acids is 1. The molecule has 1 spiro atoms. The summed E-state index contributed by atoms with van der Waals surface area (Å²) in [5, 5.41) is 7.12. The van der Waals surface area contributed by atoms with E-state index in [2.05, 4.69) is 25.9 Å². The lowest BCUT2D eigenvalue weighted by molar-refractivity contribution is -0.192. The molecule has 4 rings (SSSR count). The number of carboxylic acid groups (broad SMARTS) is 1. The second-order valence-electron chi connectivity index (χ2n) is 8.05. The lowest BCUT2D eigenvalue weighted by Gasteiger charge is -2.40. The van der Waals surface area contributed by atoms with E-state index in [0.29, 0.717) is 5.69 Å². The molecule has 2 aromatic heterocycles. The van der Waals surface area contributed by atoms with E-state index >= 15 is 0 Å². The summed E-state index contributed by atoms with van der Waals surface area (Å²) in [7, 11) is 0. The van der Waals surface area contributed by atoms with Crippen LogP contribution in [-0.2, 0) is 11.3 Å². The fourth-order valence-electron chi connectivity index (χ4n) is 4.20. The second-order valence-corrected chi connectivity index (χ2v) is 8.05. The summed E-state index contributed by atoms with van der Waals surface area (Å²) in [5.41, 5.74) is 1.92. The molecule has 0 aliphatic carbocycles. The zero-order valence-corrected chi connectivity index (χ0v) is 17.3. The number of pyridine rings is 1. The number of nitrogens with zero attached hydrogens (tertiary/aromatic N) is 5. The molecule has 2 aliphatic rings. The van der Waals surface area contributed by atoms with Gasteiger partial charge in [0.2, 0.25) is 0 Å². The van der Waals surface area contributed by atoms with Gasteiger partial charge in [0.15, 0.2) is 0 Å². The summed E-state index contributed by atoms with van der Waals surface area (Å²) in [6, 6.07) is 4.12. The number of aliphatic carboxylic acids is 1. The van der Waals surface area contributed by atoms with Gasteiger partial charge in [-0.05, 0) is 37.4 Å². The van der Waals surface area contributed by atoms with Crippen molar-refractivity contribution in [3.8, 4) is 0 Å². The number of carbonyl (C=O) groups is 2. The van der Waals surface area contributed by atoms with Crippen LogP contribution in [0.4, 0.5) is 13.2 Å². The Balaban J connectivity index is 0.000000360. The number of aromatic nitrogens is 3. The Kier molecular flexibility index (Phi) is 7.39. The first kappa shape index (κ1) is 23.6. The van der Waals surface area contributed by atoms with Crippen molar-refractivity contribution in [2.45, 2.75) is 32.0 Å². The van der Waals surface area contributed by atoms with Gasteiger partial charge >= 0.3 is 12.1 Å². The molecule has 0 radical (unpaired) electrons. The van der Waals surface area contributed by atoms with Crippen molar-refractivity contribution in [1.29, 1.82) is 0 Å². The van der Waals surface area contributed by atoms with Crippen LogP contribution < -0.4 is 0 Å². The molecule has 1 unspecified atom stereocenters. The molecular formula is C21H24F3N5O3. The van der Waals surface area contributed by atoms with E-state index in [9.17, 15) is 18.0 Å². The van der Waals surface area contributed by atoms with Gasteiger partial charge in [-0.1, -0.05) is 6.07 Å². The number of alkyl halides is 3. The fraction of sp³-hybridized carbons (Fsp3) is 0.476. The first-order valence-corrected chi connectivity index (χ1v) is 10.2. The van der Waals surface area contributed by atoms with Gasteiger partial charge in [-0.25, -0.2) is 9.78 Å². The molecule has 0 bridgehead atoms. The Morgan fingerprint density at radius 1 is 1.06 bits per heavy atom. The van der Waals surface area contributed by atoms with Gasteiger partial charge in [0, 0.05) is 56.4 Å². The Morgan fingerprint density at radius 2 is 1.81 bits per heavy atom. The van der Waals surface area contributed by atoms with Crippen molar-refractivity contribution in [2.75, 3.05) is 26.2 Å². The predicted molar refractivity (Wildman–Crippen MR) is 107 cm³/mol. The highest BCUT2D eigenvalue weighted by molar-refractivity contribution is 5.92. The smallest absolute Gasteiger partial charge is 0.475 e. The van der Waals surface area contributed by atoms with Gasteiger partial charge < -0.3 is 10.0 Å². The largest absolute Gasteiger partial charge is 0.490 e. The van der Waals surface area contributed by atoms with Crippen LogP contribution in [0.2, 0.25) is 0 Å². The van der Waals surface area contributed by atoms with Crippen molar-refractivity contribution in [2.24, 2.45) is 5.41 Å².